The van der Waals surface area contributed by atoms with Crippen molar-refractivity contribution >= 4 is 61.8 Å². The first kappa shape index (κ1) is 18.8. The van der Waals surface area contributed by atoms with E-state index < -0.39 is 19.7 Å². The second-order valence-corrected chi connectivity index (χ2v) is 13.6. The number of pyridine rings is 2. The highest BCUT2D eigenvalue weighted by molar-refractivity contribution is 7.03. The van der Waals surface area contributed by atoms with Gasteiger partial charge in [0.15, 0.2) is 11.6 Å². The summed E-state index contributed by atoms with van der Waals surface area (Å²) in [4.78, 5) is 9.95. The van der Waals surface area contributed by atoms with Crippen LogP contribution in [0.5, 0.6) is 0 Å². The van der Waals surface area contributed by atoms with E-state index in [4.69, 9.17) is 9.97 Å². The Kier molecular flexibility index (Phi) is 3.54. The zero-order valence-corrected chi connectivity index (χ0v) is 19.1. The molecule has 0 radical (unpaired) electrons. The van der Waals surface area contributed by atoms with E-state index >= 15 is 0 Å². The molecule has 2 aromatic heterocycles. The molecule has 33 heavy (non-hydrogen) atoms. The Morgan fingerprint density at radius 2 is 1.55 bits per heavy atom. The van der Waals surface area contributed by atoms with Gasteiger partial charge in [-0.15, -0.1) is 0 Å². The number of aromatic nitrogens is 2. The standard InChI is InChI=1S/C28H18F2N2Si/c1-33(2)25-14-20-17(8-7-15-12-22(29)23(30)13-19(15)20)18-9-10-31-27(26(18)25)21-11-16-5-3-4-6-24(16)32-28(21)33/h3-14H,1-2H3. The Hall–Kier alpha value is -3.70. The molecule has 0 amide bonds. The fourth-order valence-corrected chi connectivity index (χ4v) is 8.41. The number of halogens is 2. The number of para-hydroxylation sites is 1. The SMILES string of the molecule is C[Si]1(C)c2nc3ccccc3cc2-c2nccc3c2c1cc1c2cc(F)c(F)cc2ccc31. The van der Waals surface area contributed by atoms with Gasteiger partial charge in [-0.1, -0.05) is 49.5 Å². The second kappa shape index (κ2) is 6.20. The molecule has 1 aliphatic heterocycles. The van der Waals surface area contributed by atoms with Crippen molar-refractivity contribution in [3.63, 3.8) is 0 Å². The van der Waals surface area contributed by atoms with Crippen LogP contribution in [-0.4, -0.2) is 18.0 Å². The summed E-state index contributed by atoms with van der Waals surface area (Å²) in [6.07, 6.45) is 1.84. The van der Waals surface area contributed by atoms with Crippen molar-refractivity contribution in [1.82, 2.24) is 9.97 Å². The average Bonchev–Trinajstić information content (AvgIpc) is 2.82. The van der Waals surface area contributed by atoms with E-state index in [1.807, 2.05) is 36.5 Å². The lowest BCUT2D eigenvalue weighted by Gasteiger charge is -2.32. The maximum atomic E-state index is 14.3. The molecule has 1 aliphatic rings. The fraction of sp³-hybridized carbons (Fsp3) is 0.0714. The average molecular weight is 449 g/mol. The summed E-state index contributed by atoms with van der Waals surface area (Å²) in [5.74, 6) is -1.65. The van der Waals surface area contributed by atoms with Gasteiger partial charge in [0.2, 0.25) is 0 Å². The number of hydrogen-bond acceptors (Lipinski definition) is 2. The van der Waals surface area contributed by atoms with E-state index in [1.165, 1.54) is 17.3 Å². The lowest BCUT2D eigenvalue weighted by atomic mass is 9.95. The first-order valence-electron chi connectivity index (χ1n) is 11.0. The zero-order chi connectivity index (χ0) is 22.5. The molecule has 0 atom stereocenters. The lowest BCUT2D eigenvalue weighted by molar-refractivity contribution is 0.511. The van der Waals surface area contributed by atoms with Crippen LogP contribution in [0.25, 0.3) is 54.5 Å². The van der Waals surface area contributed by atoms with Crippen LogP contribution in [0, 0.1) is 11.6 Å². The molecule has 0 spiro atoms. The molecule has 158 valence electrons. The molecule has 7 rings (SSSR count). The van der Waals surface area contributed by atoms with E-state index in [-0.39, 0.29) is 0 Å². The van der Waals surface area contributed by atoms with Crippen molar-refractivity contribution in [3.8, 4) is 11.3 Å². The molecule has 0 N–H and O–H groups in total. The maximum absolute atomic E-state index is 14.3. The lowest BCUT2D eigenvalue weighted by Crippen LogP contribution is -2.57. The number of benzene rings is 4. The quantitative estimate of drug-likeness (QED) is 0.205. The third kappa shape index (κ3) is 2.40. The van der Waals surface area contributed by atoms with Crippen LogP contribution in [0.2, 0.25) is 13.1 Å². The number of nitrogens with zero attached hydrogens (tertiary/aromatic N) is 2. The Morgan fingerprint density at radius 1 is 0.727 bits per heavy atom. The van der Waals surface area contributed by atoms with Gasteiger partial charge in [0.25, 0.3) is 0 Å². The van der Waals surface area contributed by atoms with Gasteiger partial charge in [-0.3, -0.25) is 9.97 Å². The highest BCUT2D eigenvalue weighted by Gasteiger charge is 2.38. The highest BCUT2D eigenvalue weighted by Crippen LogP contribution is 2.38. The van der Waals surface area contributed by atoms with Gasteiger partial charge in [-0.05, 0) is 62.4 Å². The largest absolute Gasteiger partial charge is 0.257 e. The Bertz CT molecular complexity index is 1830. The normalized spacial score (nSPS) is 14.3. The molecule has 3 heterocycles. The minimum Gasteiger partial charge on any atom is -0.257 e. The minimum absolute atomic E-state index is 0.696. The molecule has 2 nitrogen and oxygen atoms in total. The van der Waals surface area contributed by atoms with Gasteiger partial charge in [0.1, 0.15) is 8.07 Å². The number of fused-ring (bicyclic) bond motifs is 7. The van der Waals surface area contributed by atoms with E-state index in [0.29, 0.717) is 5.39 Å². The van der Waals surface area contributed by atoms with Gasteiger partial charge in [0.05, 0.1) is 11.2 Å². The van der Waals surface area contributed by atoms with E-state index in [1.54, 1.807) is 0 Å². The summed E-state index contributed by atoms with van der Waals surface area (Å²) in [5.41, 5.74) is 3.04. The molecule has 0 bridgehead atoms. The number of hydrogen-bond donors (Lipinski definition) is 0. The Balaban J connectivity index is 1.70. The van der Waals surface area contributed by atoms with Crippen molar-refractivity contribution in [2.24, 2.45) is 0 Å². The van der Waals surface area contributed by atoms with Gasteiger partial charge in [0, 0.05) is 27.8 Å². The van der Waals surface area contributed by atoms with Crippen molar-refractivity contribution in [2.75, 3.05) is 0 Å². The fourth-order valence-electron chi connectivity index (χ4n) is 5.50. The third-order valence-electron chi connectivity index (χ3n) is 7.15. The summed E-state index contributed by atoms with van der Waals surface area (Å²) < 4.78 is 28.2. The molecule has 0 saturated carbocycles. The van der Waals surface area contributed by atoms with Crippen molar-refractivity contribution in [3.05, 3.63) is 84.6 Å². The summed E-state index contributed by atoms with van der Waals surface area (Å²) in [6.45, 7) is 4.63. The van der Waals surface area contributed by atoms with Gasteiger partial charge in [-0.25, -0.2) is 8.78 Å². The summed E-state index contributed by atoms with van der Waals surface area (Å²) in [5, 5.41) is 9.10. The van der Waals surface area contributed by atoms with Crippen LogP contribution >= 0.6 is 0 Å². The van der Waals surface area contributed by atoms with Crippen molar-refractivity contribution in [1.29, 1.82) is 0 Å². The maximum Gasteiger partial charge on any atom is 0.159 e. The smallest absolute Gasteiger partial charge is 0.159 e. The van der Waals surface area contributed by atoms with Crippen LogP contribution in [0.15, 0.2) is 72.9 Å². The van der Waals surface area contributed by atoms with Gasteiger partial charge < -0.3 is 0 Å². The second-order valence-electron chi connectivity index (χ2n) is 9.36. The van der Waals surface area contributed by atoms with Crippen LogP contribution in [0.1, 0.15) is 0 Å². The van der Waals surface area contributed by atoms with E-state index in [0.717, 1.165) is 54.4 Å². The van der Waals surface area contributed by atoms with Crippen molar-refractivity contribution in [2.45, 2.75) is 13.1 Å². The zero-order valence-electron chi connectivity index (χ0n) is 18.1. The molecule has 4 aromatic carbocycles. The van der Waals surface area contributed by atoms with Crippen molar-refractivity contribution < 1.29 is 8.78 Å². The van der Waals surface area contributed by atoms with Crippen LogP contribution < -0.4 is 10.5 Å². The first-order chi connectivity index (χ1) is 15.9. The molecule has 6 aromatic rings. The van der Waals surface area contributed by atoms with Crippen LogP contribution in [0.4, 0.5) is 8.78 Å². The number of rotatable bonds is 0. The van der Waals surface area contributed by atoms with Crippen LogP contribution in [0.3, 0.4) is 0 Å². The molecule has 0 aliphatic carbocycles. The summed E-state index contributed by atoms with van der Waals surface area (Å²) >= 11 is 0. The topological polar surface area (TPSA) is 25.8 Å². The molecule has 0 unspecified atom stereocenters. The Morgan fingerprint density at radius 3 is 2.42 bits per heavy atom. The summed E-state index contributed by atoms with van der Waals surface area (Å²) in [6, 6.07) is 21.1. The highest BCUT2D eigenvalue weighted by atomic mass is 28.3. The Labute approximate surface area is 189 Å². The molecule has 0 fully saturated rings. The monoisotopic (exact) mass is 448 g/mol. The first-order valence-corrected chi connectivity index (χ1v) is 14.0. The third-order valence-corrected chi connectivity index (χ3v) is 10.5. The predicted octanol–water partition coefficient (Wildman–Crippen LogP) is 6.17. The molecular weight excluding hydrogens is 430 g/mol. The van der Waals surface area contributed by atoms with E-state index in [9.17, 15) is 8.78 Å². The molecular formula is C28H18F2N2Si. The molecule has 5 heteroatoms. The van der Waals surface area contributed by atoms with Crippen LogP contribution in [-0.2, 0) is 0 Å². The van der Waals surface area contributed by atoms with Gasteiger partial charge >= 0.3 is 0 Å². The minimum atomic E-state index is -2.23. The van der Waals surface area contributed by atoms with Gasteiger partial charge in [-0.2, -0.15) is 0 Å². The predicted molar refractivity (Wildman–Crippen MR) is 134 cm³/mol. The summed E-state index contributed by atoms with van der Waals surface area (Å²) in [7, 11) is -2.23. The van der Waals surface area contributed by atoms with E-state index in [2.05, 4.69) is 37.4 Å². The molecule has 0 saturated heterocycles.